The number of aryl methyl sites for hydroxylation is 4. The van der Waals surface area contributed by atoms with E-state index >= 15 is 0 Å². The summed E-state index contributed by atoms with van der Waals surface area (Å²) in [5.74, 6) is 9.13. The summed E-state index contributed by atoms with van der Waals surface area (Å²) in [7, 11) is 0. The molecule has 8 aromatic heterocycles. The first kappa shape index (κ1) is 90.9. The third-order valence-electron chi connectivity index (χ3n) is 19.6. The van der Waals surface area contributed by atoms with Gasteiger partial charge in [0.1, 0.15) is 76.2 Å². The molecule has 32 nitrogen and oxygen atoms in total. The molecule has 0 fully saturated rings. The Kier molecular flexibility index (Phi) is 30.1. The molecule has 0 radical (unpaired) electrons. The fourth-order valence-electron chi connectivity index (χ4n) is 13.9. The van der Waals surface area contributed by atoms with Crippen LogP contribution in [0, 0.1) is 38.6 Å². The zero-order valence-corrected chi connectivity index (χ0v) is 78.1. The quantitative estimate of drug-likeness (QED) is 0.0108. The Labute approximate surface area is 757 Å². The van der Waals surface area contributed by atoms with Crippen molar-refractivity contribution in [2.24, 2.45) is 0 Å². The first-order valence-corrected chi connectivity index (χ1v) is 44.6. The largest absolute Gasteiger partial charge is 0.486 e. The zero-order chi connectivity index (χ0) is 86.8. The molecule has 0 aliphatic carbocycles. The van der Waals surface area contributed by atoms with E-state index in [0.29, 0.717) is 161 Å². The van der Waals surface area contributed by atoms with Gasteiger partial charge in [-0.15, -0.1) is 0 Å². The molecule has 16 rings (SSSR count). The van der Waals surface area contributed by atoms with Crippen molar-refractivity contribution in [3.05, 3.63) is 133 Å². The Bertz CT molecular complexity index is 5400. The molecule has 0 unspecified atom stereocenters. The lowest BCUT2D eigenvalue weighted by molar-refractivity contribution is 0.171. The smallest absolute Gasteiger partial charge is 0.312 e. The Morgan fingerprint density at radius 1 is 0.352 bits per heavy atom. The highest BCUT2D eigenvalue weighted by molar-refractivity contribution is 14.1. The van der Waals surface area contributed by atoms with Crippen LogP contribution < -0.4 is 82.1 Å². The van der Waals surface area contributed by atoms with E-state index in [-0.39, 0.29) is 34.3 Å². The van der Waals surface area contributed by atoms with Crippen LogP contribution in [0.4, 0.5) is 40.8 Å². The van der Waals surface area contributed by atoms with Crippen LogP contribution in [0.2, 0.25) is 0 Å². The second kappa shape index (κ2) is 40.4. The number of rotatable bonds is 26. The molecule has 652 valence electrons. The number of nitrogens with two attached hydrogens (primary N) is 4. The molecule has 4 aliphatic heterocycles. The minimum atomic E-state index is -0.848. The molecule has 0 bridgehead atoms. The number of ether oxygens (including phenoxy) is 8. The number of aromatic nitrogens is 16. The number of nitrogens with one attached hydrogen (secondary N) is 4. The van der Waals surface area contributed by atoms with Crippen molar-refractivity contribution in [3.8, 4) is 46.0 Å². The van der Waals surface area contributed by atoms with Gasteiger partial charge in [-0.1, -0.05) is 27.7 Å². The number of imidazole rings is 4. The number of anilines is 4. The molecule has 4 aromatic carbocycles. The number of nitrogens with zero attached hydrogens (tertiary/aromatic N) is 16. The van der Waals surface area contributed by atoms with Gasteiger partial charge in [-0.05, 0) is 255 Å². The van der Waals surface area contributed by atoms with Crippen molar-refractivity contribution in [2.45, 2.75) is 170 Å². The predicted molar refractivity (Wildman–Crippen MR) is 491 cm³/mol. The minimum absolute atomic E-state index is 0.0276. The molecule has 4 aliphatic rings. The molecule has 0 saturated heterocycles. The molecule has 40 heteroatoms. The molecule has 12 N–H and O–H groups in total. The first-order chi connectivity index (χ1) is 58.3. The normalized spacial score (nSPS) is 13.5. The molecule has 12 aromatic rings. The number of benzene rings is 4. The monoisotopic (exact) mass is 2130 g/mol. The van der Waals surface area contributed by atoms with Crippen LogP contribution in [-0.2, 0) is 51.9 Å². The van der Waals surface area contributed by atoms with E-state index in [4.69, 9.17) is 60.8 Å². The maximum absolute atomic E-state index is 13.9. The predicted octanol–water partition coefficient (Wildman–Crippen LogP) is 12.4. The van der Waals surface area contributed by atoms with Gasteiger partial charge in [0.05, 0.1) is 0 Å². The highest BCUT2D eigenvalue weighted by atomic mass is 131. The van der Waals surface area contributed by atoms with E-state index in [0.717, 1.165) is 158 Å². The minimum Gasteiger partial charge on any atom is -0.486 e. The van der Waals surface area contributed by atoms with E-state index in [1.165, 1.54) is 0 Å². The number of hydrogen-bond acceptors (Lipinski definition) is 28. The van der Waals surface area contributed by atoms with Crippen LogP contribution in [0.1, 0.15) is 140 Å². The average Bonchev–Trinajstić information content (AvgIpc) is 1.64. The van der Waals surface area contributed by atoms with Crippen molar-refractivity contribution >= 4 is 158 Å². The molecular formula is C82H100F4I4N24O8. The van der Waals surface area contributed by atoms with Gasteiger partial charge in [-0.2, -0.15) is 57.4 Å². The fraction of sp³-hybridized carbons (Fsp3) is 0.463. The summed E-state index contributed by atoms with van der Waals surface area (Å²) in [6.45, 7) is 31.3. The van der Waals surface area contributed by atoms with E-state index in [9.17, 15) is 17.6 Å². The molecule has 122 heavy (non-hydrogen) atoms. The fourth-order valence-corrected chi connectivity index (χ4v) is 16.5. The Morgan fingerprint density at radius 2 is 0.582 bits per heavy atom. The lowest BCUT2D eigenvalue weighted by atomic mass is 10.1. The highest BCUT2D eigenvalue weighted by Crippen LogP contribution is 2.40. The van der Waals surface area contributed by atoms with Gasteiger partial charge < -0.3 is 100 Å². The maximum atomic E-state index is 13.9. The second-order valence-electron chi connectivity index (χ2n) is 32.0. The SMILES string of the molecule is CC(C)(C)NCCCn1c(Cc2cc3c(cc2[124I])OCCO3)nc2c(N)nc(F)nc21.CC(C)(C)NCCCn1c(Cc2cc3c(cc2[131I])OCCO3)nc2c(N)nc(F)nc21.CC(C)NCCCn1c(Cc2cc3c(cc2[124I])OCCO3)nc2c(N)nc(F)nc21.CC(C)NCCCn1c(Cc2cc3c(cc2[131I])OCCO3)nc2c(N)nc(F)nc21. The summed E-state index contributed by atoms with van der Waals surface area (Å²) < 4.78 is 113. The highest BCUT2D eigenvalue weighted by Gasteiger charge is 2.28. The summed E-state index contributed by atoms with van der Waals surface area (Å²) in [6, 6.07) is 16.6. The topological polar surface area (TPSA) is 400 Å². The van der Waals surface area contributed by atoms with Crippen LogP contribution in [-0.4, -0.2) is 180 Å². The zero-order valence-electron chi connectivity index (χ0n) is 69.5. The second-order valence-corrected chi connectivity index (χ2v) is 36.6. The van der Waals surface area contributed by atoms with Crippen molar-refractivity contribution in [2.75, 3.05) is 102 Å². The van der Waals surface area contributed by atoms with Crippen LogP contribution in [0.3, 0.4) is 0 Å². The summed E-state index contributed by atoms with van der Waals surface area (Å²) in [4.78, 5) is 49.2. The summed E-state index contributed by atoms with van der Waals surface area (Å²) >= 11 is 9.13. The first-order valence-electron chi connectivity index (χ1n) is 40.3. The number of hydrogen-bond donors (Lipinski definition) is 8. The van der Waals surface area contributed by atoms with E-state index < -0.39 is 24.3 Å². The maximum Gasteiger partial charge on any atom is 0.312 e. The average molecular weight is 2140 g/mol. The van der Waals surface area contributed by atoms with Crippen LogP contribution >= 0.6 is 90.4 Å². The summed E-state index contributed by atoms with van der Waals surface area (Å²) in [5.41, 5.74) is 31.4. The van der Waals surface area contributed by atoms with E-state index in [1.54, 1.807) is 0 Å². The molecule has 0 amide bonds. The van der Waals surface area contributed by atoms with Gasteiger partial charge >= 0.3 is 24.3 Å². The Balaban J connectivity index is 0.000000140. The number of fused-ring (bicyclic) bond motifs is 8. The molecular weight excluding hydrogens is 2030 g/mol. The Hall–Kier alpha value is -8.84. The van der Waals surface area contributed by atoms with Gasteiger partial charge in [0.25, 0.3) is 0 Å². The third kappa shape index (κ3) is 23.2. The standard InChI is InChI=1S/2C21H26FIN6O2.2C20H24FIN6O2/c2*1-21(2,3)25-5-4-6-29-16(26-17-18(24)27-20(22)28-19(17)29)10-12-9-14-15(11-13(12)23)31-8-7-30-14;2*1-11(2)24-4-3-5-28-16(25-17-18(23)26-20(21)27-19(17)28)9-12-8-14-15(10-13(12)22)30-7-6-29-14/h2*9,11,25H,4-8,10H2,1-3H3,(H2,24,27,28);2*8,10-11,24H,3-7,9H2,1-2H3,(H2,23,26,27)/i23+4;23-3;22+4;22-3. The molecule has 0 atom stereocenters. The molecule has 0 saturated carbocycles. The van der Waals surface area contributed by atoms with Crippen molar-refractivity contribution in [1.29, 1.82) is 0 Å². The van der Waals surface area contributed by atoms with Crippen LogP contribution in [0.15, 0.2) is 48.5 Å². The van der Waals surface area contributed by atoms with Gasteiger partial charge in [0.2, 0.25) is 0 Å². The van der Waals surface area contributed by atoms with Gasteiger partial charge in [-0.3, -0.25) is 0 Å². The molecule has 12 heterocycles. The van der Waals surface area contributed by atoms with Crippen LogP contribution in [0.5, 0.6) is 46.0 Å². The Morgan fingerprint density at radius 3 is 0.836 bits per heavy atom. The van der Waals surface area contributed by atoms with Gasteiger partial charge in [-0.25, -0.2) is 19.9 Å². The van der Waals surface area contributed by atoms with Crippen molar-refractivity contribution in [3.63, 3.8) is 0 Å². The van der Waals surface area contributed by atoms with E-state index in [2.05, 4.69) is 241 Å². The number of nitrogen functional groups attached to an aromatic ring is 4. The molecule has 0 spiro atoms. The van der Waals surface area contributed by atoms with Crippen LogP contribution in [0.25, 0.3) is 44.7 Å². The lowest BCUT2D eigenvalue weighted by Crippen LogP contribution is -2.36. The van der Waals surface area contributed by atoms with Crippen molar-refractivity contribution < 1.29 is 55.5 Å². The lowest BCUT2D eigenvalue weighted by Gasteiger charge is -2.21. The van der Waals surface area contributed by atoms with Gasteiger partial charge in [0.15, 0.2) is 114 Å². The van der Waals surface area contributed by atoms with Crippen molar-refractivity contribution in [1.82, 2.24) is 99.3 Å². The number of halogens is 8. The van der Waals surface area contributed by atoms with E-state index in [1.807, 2.05) is 66.8 Å². The summed E-state index contributed by atoms with van der Waals surface area (Å²) in [6.07, 6.45) is 2.09. The van der Waals surface area contributed by atoms with Gasteiger partial charge in [0, 0.05) is 89.3 Å². The summed E-state index contributed by atoms with van der Waals surface area (Å²) in [5, 5.41) is 13.7. The third-order valence-corrected chi connectivity index (χ3v) is 23.6.